The Morgan fingerprint density at radius 2 is 1.90 bits per heavy atom. The van der Waals surface area contributed by atoms with Gasteiger partial charge in [-0.2, -0.15) is 0 Å². The Balaban J connectivity index is 1.61. The van der Waals surface area contributed by atoms with Crippen LogP contribution >= 0.6 is 11.6 Å². The molecule has 0 bridgehead atoms. The van der Waals surface area contributed by atoms with Gasteiger partial charge in [0.2, 0.25) is 5.91 Å². The predicted octanol–water partition coefficient (Wildman–Crippen LogP) is 3.13. The van der Waals surface area contributed by atoms with Crippen LogP contribution in [-0.2, 0) is 14.3 Å². The standard InChI is InChI=1S/C20H14ClF2N3O4/c21-14-4-2-1-3-13(14)18-17-15(9-30-19(17)28)26(20(29)25-18)8-16(27)24-12-6-10(22)5-11(23)7-12/h1-7,18H,8-9H2,(H,24,27)(H,25,29)/t18-/m0/s1. The van der Waals surface area contributed by atoms with Gasteiger partial charge in [-0.05, 0) is 23.8 Å². The third kappa shape index (κ3) is 3.71. The predicted molar refractivity (Wildman–Crippen MR) is 102 cm³/mol. The van der Waals surface area contributed by atoms with E-state index in [1.54, 1.807) is 24.3 Å². The molecule has 3 amide bonds. The first kappa shape index (κ1) is 19.8. The number of anilines is 1. The first-order valence-electron chi connectivity index (χ1n) is 8.82. The second kappa shape index (κ2) is 7.75. The van der Waals surface area contributed by atoms with Crippen molar-refractivity contribution in [3.8, 4) is 0 Å². The normalized spacial score (nSPS) is 18.1. The topological polar surface area (TPSA) is 87.7 Å². The van der Waals surface area contributed by atoms with Crippen molar-refractivity contribution in [3.05, 3.63) is 76.0 Å². The van der Waals surface area contributed by atoms with Gasteiger partial charge in [0.25, 0.3) is 0 Å². The van der Waals surface area contributed by atoms with Crippen LogP contribution in [0.5, 0.6) is 0 Å². The molecule has 0 saturated carbocycles. The smallest absolute Gasteiger partial charge is 0.338 e. The van der Waals surface area contributed by atoms with Gasteiger partial charge in [-0.25, -0.2) is 18.4 Å². The lowest BCUT2D eigenvalue weighted by Crippen LogP contribution is -2.49. The number of ether oxygens (including phenoxy) is 1. The third-order valence-corrected chi connectivity index (χ3v) is 5.01. The van der Waals surface area contributed by atoms with Crippen LogP contribution in [-0.4, -0.2) is 36.0 Å². The largest absolute Gasteiger partial charge is 0.456 e. The molecule has 30 heavy (non-hydrogen) atoms. The molecular weight excluding hydrogens is 420 g/mol. The molecule has 0 fully saturated rings. The molecular formula is C20H14ClF2N3O4. The molecule has 4 rings (SSSR count). The van der Waals surface area contributed by atoms with Crippen LogP contribution in [0.25, 0.3) is 0 Å². The fourth-order valence-electron chi connectivity index (χ4n) is 3.39. The minimum absolute atomic E-state index is 0.100. The van der Waals surface area contributed by atoms with E-state index in [2.05, 4.69) is 10.6 Å². The molecule has 0 radical (unpaired) electrons. The van der Waals surface area contributed by atoms with Crippen molar-refractivity contribution in [2.75, 3.05) is 18.5 Å². The van der Waals surface area contributed by atoms with E-state index in [9.17, 15) is 23.2 Å². The van der Waals surface area contributed by atoms with Crippen LogP contribution < -0.4 is 10.6 Å². The Kier molecular flexibility index (Phi) is 5.13. The first-order valence-corrected chi connectivity index (χ1v) is 9.20. The van der Waals surface area contributed by atoms with E-state index in [1.165, 1.54) is 0 Å². The van der Waals surface area contributed by atoms with E-state index in [1.807, 2.05) is 0 Å². The van der Waals surface area contributed by atoms with Crippen LogP contribution in [0.15, 0.2) is 53.7 Å². The summed E-state index contributed by atoms with van der Waals surface area (Å²) in [6.45, 7) is -0.681. The molecule has 1 atom stereocenters. The number of halogens is 3. The Labute approximate surface area is 174 Å². The number of rotatable bonds is 4. The number of nitrogens with zero attached hydrogens (tertiary/aromatic N) is 1. The molecule has 0 aromatic heterocycles. The first-order chi connectivity index (χ1) is 14.3. The monoisotopic (exact) mass is 433 g/mol. The van der Waals surface area contributed by atoms with Gasteiger partial charge < -0.3 is 15.4 Å². The summed E-state index contributed by atoms with van der Waals surface area (Å²) in [5, 5.41) is 5.34. The van der Waals surface area contributed by atoms with E-state index < -0.39 is 42.1 Å². The van der Waals surface area contributed by atoms with E-state index in [4.69, 9.17) is 16.3 Å². The number of benzene rings is 2. The zero-order chi connectivity index (χ0) is 21.4. The lowest BCUT2D eigenvalue weighted by atomic mass is 9.95. The maximum absolute atomic E-state index is 13.3. The lowest BCUT2D eigenvalue weighted by molar-refractivity contribution is -0.136. The highest BCUT2D eigenvalue weighted by Crippen LogP contribution is 2.37. The quantitative estimate of drug-likeness (QED) is 0.725. The summed E-state index contributed by atoms with van der Waals surface area (Å²) >= 11 is 6.21. The number of urea groups is 1. The van der Waals surface area contributed by atoms with Gasteiger partial charge in [-0.15, -0.1) is 0 Å². The van der Waals surface area contributed by atoms with Crippen LogP contribution in [0.1, 0.15) is 11.6 Å². The number of carbonyl (C=O) groups is 3. The number of hydrogen-bond acceptors (Lipinski definition) is 4. The molecule has 2 heterocycles. The van der Waals surface area contributed by atoms with Gasteiger partial charge in [0.1, 0.15) is 24.8 Å². The molecule has 0 spiro atoms. The Hall–Kier alpha value is -3.46. The molecule has 0 unspecified atom stereocenters. The van der Waals surface area contributed by atoms with Crippen molar-refractivity contribution in [2.24, 2.45) is 0 Å². The van der Waals surface area contributed by atoms with Crippen LogP contribution in [0, 0.1) is 11.6 Å². The molecule has 2 aliphatic rings. The molecule has 2 aromatic carbocycles. The van der Waals surface area contributed by atoms with Crippen molar-refractivity contribution < 1.29 is 27.9 Å². The zero-order valence-electron chi connectivity index (χ0n) is 15.2. The minimum Gasteiger partial charge on any atom is -0.456 e. The summed E-state index contributed by atoms with van der Waals surface area (Å²) in [4.78, 5) is 38.5. The van der Waals surface area contributed by atoms with Crippen molar-refractivity contribution in [3.63, 3.8) is 0 Å². The average Bonchev–Trinajstić information content (AvgIpc) is 3.05. The van der Waals surface area contributed by atoms with E-state index in [0.29, 0.717) is 16.7 Å². The summed E-state index contributed by atoms with van der Waals surface area (Å²) in [6, 6.07) is 7.81. The van der Waals surface area contributed by atoms with Crippen molar-refractivity contribution in [1.29, 1.82) is 0 Å². The van der Waals surface area contributed by atoms with Gasteiger partial charge in [0, 0.05) is 16.8 Å². The molecule has 0 aliphatic carbocycles. The highest BCUT2D eigenvalue weighted by Gasteiger charge is 2.43. The number of esters is 1. The van der Waals surface area contributed by atoms with E-state index in [-0.39, 0.29) is 23.6 Å². The molecule has 2 aromatic rings. The lowest BCUT2D eigenvalue weighted by Gasteiger charge is -2.32. The van der Waals surface area contributed by atoms with E-state index >= 15 is 0 Å². The molecule has 7 nitrogen and oxygen atoms in total. The highest BCUT2D eigenvalue weighted by molar-refractivity contribution is 6.31. The van der Waals surface area contributed by atoms with Crippen LogP contribution in [0.3, 0.4) is 0 Å². The van der Waals surface area contributed by atoms with Gasteiger partial charge in [-0.3, -0.25) is 9.69 Å². The third-order valence-electron chi connectivity index (χ3n) is 4.66. The second-order valence-electron chi connectivity index (χ2n) is 6.63. The van der Waals surface area contributed by atoms with Gasteiger partial charge in [0.15, 0.2) is 0 Å². The fourth-order valence-corrected chi connectivity index (χ4v) is 3.64. The molecule has 2 N–H and O–H groups in total. The number of amides is 3. The minimum atomic E-state index is -0.858. The molecule has 10 heteroatoms. The Morgan fingerprint density at radius 3 is 2.60 bits per heavy atom. The molecule has 2 aliphatic heterocycles. The zero-order valence-corrected chi connectivity index (χ0v) is 16.0. The highest BCUT2D eigenvalue weighted by atomic mass is 35.5. The summed E-state index contributed by atoms with van der Waals surface area (Å²) in [6.07, 6.45) is 0. The molecule has 154 valence electrons. The Morgan fingerprint density at radius 1 is 1.20 bits per heavy atom. The SMILES string of the molecule is O=C(CN1C(=O)N[C@@H](c2ccccc2Cl)C2=C1COC2=O)Nc1cc(F)cc(F)c1. The van der Waals surface area contributed by atoms with Crippen LogP contribution in [0.4, 0.5) is 19.3 Å². The van der Waals surface area contributed by atoms with Crippen LogP contribution in [0.2, 0.25) is 5.02 Å². The number of cyclic esters (lactones) is 1. The van der Waals surface area contributed by atoms with E-state index in [0.717, 1.165) is 17.0 Å². The maximum Gasteiger partial charge on any atom is 0.338 e. The number of carbonyl (C=O) groups excluding carboxylic acids is 3. The second-order valence-corrected chi connectivity index (χ2v) is 7.04. The number of hydrogen-bond donors (Lipinski definition) is 2. The summed E-state index contributed by atoms with van der Waals surface area (Å²) in [7, 11) is 0. The van der Waals surface area contributed by atoms with Crippen molar-refractivity contribution in [1.82, 2.24) is 10.2 Å². The van der Waals surface area contributed by atoms with Gasteiger partial charge in [-0.1, -0.05) is 29.8 Å². The van der Waals surface area contributed by atoms with Crippen molar-refractivity contribution >= 4 is 35.2 Å². The fraction of sp³-hybridized carbons (Fsp3) is 0.150. The Bertz CT molecular complexity index is 1080. The average molecular weight is 434 g/mol. The summed E-state index contributed by atoms with van der Waals surface area (Å²) < 4.78 is 31.7. The summed E-state index contributed by atoms with van der Waals surface area (Å²) in [5.41, 5.74) is 0.816. The van der Waals surface area contributed by atoms with Gasteiger partial charge in [0.05, 0.1) is 17.3 Å². The summed E-state index contributed by atoms with van der Waals surface area (Å²) in [5.74, 6) is -3.06. The van der Waals surface area contributed by atoms with Gasteiger partial charge >= 0.3 is 12.0 Å². The van der Waals surface area contributed by atoms with Crippen molar-refractivity contribution in [2.45, 2.75) is 6.04 Å². The maximum atomic E-state index is 13.3. The molecule has 0 saturated heterocycles. The number of nitrogens with one attached hydrogen (secondary N) is 2.